The van der Waals surface area contributed by atoms with Gasteiger partial charge in [0.15, 0.2) is 23.3 Å². The van der Waals surface area contributed by atoms with Crippen LogP contribution < -0.4 is 20.1 Å². The third-order valence-corrected chi connectivity index (χ3v) is 5.69. The molecule has 30 heavy (non-hydrogen) atoms. The van der Waals surface area contributed by atoms with E-state index >= 15 is 0 Å². The van der Waals surface area contributed by atoms with Gasteiger partial charge in [-0.25, -0.2) is 4.99 Å². The van der Waals surface area contributed by atoms with Gasteiger partial charge in [-0.1, -0.05) is 30.5 Å². The molecular formula is C22H33N5O3. The summed E-state index contributed by atoms with van der Waals surface area (Å²) in [6, 6.07) is 6.29. The fraction of sp³-hybridized carbons (Fsp3) is 0.591. The molecular weight excluding hydrogens is 382 g/mol. The van der Waals surface area contributed by atoms with Crippen molar-refractivity contribution in [1.29, 1.82) is 0 Å². The van der Waals surface area contributed by atoms with Gasteiger partial charge in [-0.2, -0.15) is 4.98 Å². The highest BCUT2D eigenvalue weighted by Crippen LogP contribution is 2.42. The zero-order valence-electron chi connectivity index (χ0n) is 18.5. The monoisotopic (exact) mass is 415 g/mol. The SMILES string of the molecule is CCNC(=NCc1noc(C)n1)NCC1(c2ccc(OC)c(OC)c2)CCCCC1. The topological polar surface area (TPSA) is 93.8 Å². The van der Waals surface area contributed by atoms with E-state index in [0.29, 0.717) is 18.3 Å². The Morgan fingerprint density at radius 1 is 1.13 bits per heavy atom. The molecule has 0 aliphatic heterocycles. The molecule has 1 aromatic heterocycles. The molecule has 0 saturated heterocycles. The molecule has 1 aromatic carbocycles. The fourth-order valence-electron chi connectivity index (χ4n) is 4.11. The van der Waals surface area contributed by atoms with Crippen LogP contribution in [0, 0.1) is 6.92 Å². The molecule has 2 aromatic rings. The first kappa shape index (κ1) is 21.9. The minimum Gasteiger partial charge on any atom is -0.493 e. The second kappa shape index (κ2) is 10.3. The van der Waals surface area contributed by atoms with Crippen molar-refractivity contribution in [3.8, 4) is 11.5 Å². The van der Waals surface area contributed by atoms with E-state index in [-0.39, 0.29) is 5.41 Å². The van der Waals surface area contributed by atoms with Crippen molar-refractivity contribution in [2.24, 2.45) is 4.99 Å². The summed E-state index contributed by atoms with van der Waals surface area (Å²) in [5, 5.41) is 10.8. The van der Waals surface area contributed by atoms with Crippen LogP contribution in [0.25, 0.3) is 0 Å². The highest BCUT2D eigenvalue weighted by molar-refractivity contribution is 5.79. The Labute approximate surface area is 178 Å². The summed E-state index contributed by atoms with van der Waals surface area (Å²) in [7, 11) is 3.35. The average Bonchev–Trinajstić information content (AvgIpc) is 3.20. The van der Waals surface area contributed by atoms with Crippen molar-refractivity contribution in [2.45, 2.75) is 57.9 Å². The van der Waals surface area contributed by atoms with E-state index in [2.05, 4.69) is 44.8 Å². The summed E-state index contributed by atoms with van der Waals surface area (Å²) in [4.78, 5) is 8.86. The van der Waals surface area contributed by atoms with Gasteiger partial charge in [-0.05, 0) is 37.5 Å². The Hall–Kier alpha value is -2.77. The van der Waals surface area contributed by atoms with E-state index in [1.54, 1.807) is 21.1 Å². The predicted octanol–water partition coefficient (Wildman–Crippen LogP) is 3.35. The maximum absolute atomic E-state index is 5.56. The van der Waals surface area contributed by atoms with E-state index in [1.807, 2.05) is 6.07 Å². The zero-order valence-corrected chi connectivity index (χ0v) is 18.5. The lowest BCUT2D eigenvalue weighted by atomic mass is 9.69. The molecule has 2 N–H and O–H groups in total. The molecule has 1 fully saturated rings. The first-order chi connectivity index (χ1) is 14.6. The van der Waals surface area contributed by atoms with E-state index in [0.717, 1.165) is 43.4 Å². The Kier molecular flexibility index (Phi) is 7.54. The molecule has 1 aliphatic rings. The summed E-state index contributed by atoms with van der Waals surface area (Å²) in [5.74, 6) is 3.41. The Morgan fingerprint density at radius 2 is 1.90 bits per heavy atom. The van der Waals surface area contributed by atoms with Crippen molar-refractivity contribution in [1.82, 2.24) is 20.8 Å². The molecule has 0 unspecified atom stereocenters. The van der Waals surface area contributed by atoms with Crippen molar-refractivity contribution < 1.29 is 14.0 Å². The second-order valence-electron chi connectivity index (χ2n) is 7.69. The highest BCUT2D eigenvalue weighted by atomic mass is 16.5. The first-order valence-corrected chi connectivity index (χ1v) is 10.6. The molecule has 3 rings (SSSR count). The van der Waals surface area contributed by atoms with Crippen LogP contribution in [-0.2, 0) is 12.0 Å². The van der Waals surface area contributed by atoms with Gasteiger partial charge in [0.25, 0.3) is 0 Å². The number of methoxy groups -OCH3 is 2. The molecule has 0 spiro atoms. The zero-order chi connectivity index (χ0) is 21.4. The lowest BCUT2D eigenvalue weighted by molar-refractivity contribution is 0.288. The molecule has 164 valence electrons. The van der Waals surface area contributed by atoms with E-state index < -0.39 is 0 Å². The third kappa shape index (κ3) is 5.23. The summed E-state index contributed by atoms with van der Waals surface area (Å²) in [5.41, 5.74) is 1.30. The predicted molar refractivity (Wildman–Crippen MR) is 116 cm³/mol. The van der Waals surface area contributed by atoms with Crippen LogP contribution in [-0.4, -0.2) is 43.4 Å². The summed E-state index contributed by atoms with van der Waals surface area (Å²) in [6.45, 7) is 5.77. The number of aliphatic imine (C=N–C) groups is 1. The van der Waals surface area contributed by atoms with Crippen LogP contribution in [0.1, 0.15) is 56.3 Å². The standard InChI is InChI=1S/C22H33N5O3/c1-5-23-21(24-14-20-26-16(2)30-27-20)25-15-22(11-7-6-8-12-22)17-9-10-18(28-3)19(13-17)29-4/h9-10,13H,5-8,11-12,14-15H2,1-4H3,(H2,23,24,25). The number of aromatic nitrogens is 2. The largest absolute Gasteiger partial charge is 0.493 e. The fourth-order valence-corrected chi connectivity index (χ4v) is 4.11. The number of hydrogen-bond acceptors (Lipinski definition) is 6. The summed E-state index contributed by atoms with van der Waals surface area (Å²) >= 11 is 0. The van der Waals surface area contributed by atoms with Crippen LogP contribution in [0.5, 0.6) is 11.5 Å². The molecule has 1 heterocycles. The van der Waals surface area contributed by atoms with Crippen LogP contribution in [0.15, 0.2) is 27.7 Å². The van der Waals surface area contributed by atoms with Gasteiger partial charge in [0.05, 0.1) is 14.2 Å². The lowest BCUT2D eigenvalue weighted by Gasteiger charge is -2.38. The summed E-state index contributed by atoms with van der Waals surface area (Å²) in [6.07, 6.45) is 5.95. The number of guanidine groups is 1. The number of benzene rings is 1. The van der Waals surface area contributed by atoms with Gasteiger partial charge < -0.3 is 24.6 Å². The van der Waals surface area contributed by atoms with Crippen LogP contribution in [0.3, 0.4) is 0 Å². The number of hydrogen-bond donors (Lipinski definition) is 2. The minimum absolute atomic E-state index is 0.0245. The quantitative estimate of drug-likeness (QED) is 0.504. The smallest absolute Gasteiger partial charge is 0.223 e. The van der Waals surface area contributed by atoms with Gasteiger partial charge in [0.2, 0.25) is 5.89 Å². The lowest BCUT2D eigenvalue weighted by Crippen LogP contribution is -2.46. The first-order valence-electron chi connectivity index (χ1n) is 10.6. The average molecular weight is 416 g/mol. The maximum Gasteiger partial charge on any atom is 0.223 e. The van der Waals surface area contributed by atoms with Gasteiger partial charge >= 0.3 is 0 Å². The van der Waals surface area contributed by atoms with Gasteiger partial charge in [-0.3, -0.25) is 0 Å². The molecule has 8 heteroatoms. The van der Waals surface area contributed by atoms with Crippen molar-refractivity contribution in [3.63, 3.8) is 0 Å². The van der Waals surface area contributed by atoms with E-state index in [9.17, 15) is 0 Å². The van der Waals surface area contributed by atoms with E-state index in [4.69, 9.17) is 14.0 Å². The van der Waals surface area contributed by atoms with Crippen LogP contribution >= 0.6 is 0 Å². The van der Waals surface area contributed by atoms with Crippen LogP contribution in [0.2, 0.25) is 0 Å². The number of nitrogens with zero attached hydrogens (tertiary/aromatic N) is 3. The van der Waals surface area contributed by atoms with E-state index in [1.165, 1.54) is 24.8 Å². The maximum atomic E-state index is 5.56. The van der Waals surface area contributed by atoms with Crippen molar-refractivity contribution in [2.75, 3.05) is 27.3 Å². The normalized spacial score (nSPS) is 16.2. The molecule has 0 amide bonds. The summed E-state index contributed by atoms with van der Waals surface area (Å²) < 4.78 is 16.0. The van der Waals surface area contributed by atoms with Crippen molar-refractivity contribution in [3.05, 3.63) is 35.5 Å². The molecule has 1 saturated carbocycles. The molecule has 0 atom stereocenters. The number of aryl methyl sites for hydroxylation is 1. The van der Waals surface area contributed by atoms with Gasteiger partial charge in [0, 0.05) is 25.4 Å². The molecule has 1 aliphatic carbocycles. The molecule has 8 nitrogen and oxygen atoms in total. The number of nitrogens with one attached hydrogen (secondary N) is 2. The molecule has 0 bridgehead atoms. The second-order valence-corrected chi connectivity index (χ2v) is 7.69. The number of rotatable bonds is 8. The van der Waals surface area contributed by atoms with Gasteiger partial charge in [0.1, 0.15) is 6.54 Å². The highest BCUT2D eigenvalue weighted by Gasteiger charge is 2.34. The third-order valence-electron chi connectivity index (χ3n) is 5.69. The van der Waals surface area contributed by atoms with Crippen molar-refractivity contribution >= 4 is 5.96 Å². The molecule has 0 radical (unpaired) electrons. The minimum atomic E-state index is 0.0245. The van der Waals surface area contributed by atoms with Crippen LogP contribution in [0.4, 0.5) is 0 Å². The number of ether oxygens (including phenoxy) is 2. The Balaban J connectivity index is 1.79. The Bertz CT molecular complexity index is 843. The van der Waals surface area contributed by atoms with Gasteiger partial charge in [-0.15, -0.1) is 0 Å². The Morgan fingerprint density at radius 3 is 2.53 bits per heavy atom.